The minimum atomic E-state index is -0.536. The Balaban J connectivity index is 1.26. The molecule has 196 valence electrons. The first-order chi connectivity index (χ1) is 18.1. The molecule has 0 saturated carbocycles. The lowest BCUT2D eigenvalue weighted by Crippen LogP contribution is -2.46. The summed E-state index contributed by atoms with van der Waals surface area (Å²) >= 11 is 0. The molecule has 0 radical (unpaired) electrons. The van der Waals surface area contributed by atoms with Gasteiger partial charge in [0.15, 0.2) is 0 Å². The van der Waals surface area contributed by atoms with Crippen LogP contribution < -0.4 is 10.1 Å². The summed E-state index contributed by atoms with van der Waals surface area (Å²) in [4.78, 5) is 28.5. The number of rotatable bonds is 5. The van der Waals surface area contributed by atoms with Crippen molar-refractivity contribution in [3.8, 4) is 11.5 Å². The summed E-state index contributed by atoms with van der Waals surface area (Å²) in [6.45, 7) is 3.06. The van der Waals surface area contributed by atoms with Crippen molar-refractivity contribution in [1.82, 2.24) is 10.2 Å². The number of piperidine rings is 1. The first kappa shape index (κ1) is 25.5. The van der Waals surface area contributed by atoms with Gasteiger partial charge in [0.05, 0.1) is 18.6 Å². The molecule has 0 aromatic heterocycles. The van der Waals surface area contributed by atoms with Gasteiger partial charge in [-0.1, -0.05) is 49.1 Å². The van der Waals surface area contributed by atoms with Crippen molar-refractivity contribution in [3.63, 3.8) is 0 Å². The number of ether oxygens (including phenoxy) is 2. The molecule has 3 aliphatic rings. The molecule has 1 amide bonds. The Morgan fingerprint density at radius 2 is 1.73 bits per heavy atom. The molecule has 0 spiro atoms. The maximum absolute atomic E-state index is 13.7. The average Bonchev–Trinajstić information content (AvgIpc) is 3.06. The summed E-state index contributed by atoms with van der Waals surface area (Å²) in [5.74, 6) is 0.273. The number of hydrogen-bond donors (Lipinski definition) is 1. The van der Waals surface area contributed by atoms with Gasteiger partial charge in [-0.3, -0.25) is 9.69 Å². The third kappa shape index (κ3) is 6.07. The predicted octanol–water partition coefficient (Wildman–Crippen LogP) is 5.96. The normalized spacial score (nSPS) is 22.1. The fourth-order valence-corrected chi connectivity index (χ4v) is 5.88. The lowest BCUT2D eigenvalue weighted by Gasteiger charge is -2.34. The predicted molar refractivity (Wildman–Crippen MR) is 144 cm³/mol. The second kappa shape index (κ2) is 12.0. The van der Waals surface area contributed by atoms with Crippen LogP contribution in [-0.4, -0.2) is 49.6 Å². The number of hydrogen-bond acceptors (Lipinski definition) is 5. The summed E-state index contributed by atoms with van der Waals surface area (Å²) in [6, 6.07) is 12.9. The minimum Gasteiger partial charge on any atom is -0.465 e. The Labute approximate surface area is 220 Å². The molecule has 1 N–H and O–H groups in total. The lowest BCUT2D eigenvalue weighted by atomic mass is 9.86. The van der Waals surface area contributed by atoms with Crippen molar-refractivity contribution in [2.24, 2.45) is 0 Å². The van der Waals surface area contributed by atoms with E-state index in [-0.39, 0.29) is 11.9 Å². The quantitative estimate of drug-likeness (QED) is 0.404. The number of carbonyl (C=O) groups excluding carboxylic acids is 2. The molecule has 0 bridgehead atoms. The number of likely N-dealkylation sites (tertiary alicyclic amines) is 1. The molecule has 1 aliphatic carbocycles. The summed E-state index contributed by atoms with van der Waals surface area (Å²) in [7, 11) is 1.36. The Kier molecular flexibility index (Phi) is 8.24. The van der Waals surface area contributed by atoms with Crippen molar-refractivity contribution in [2.45, 2.75) is 69.7 Å². The second-order valence-corrected chi connectivity index (χ2v) is 10.5. The number of allylic oxidation sites excluding steroid dienone is 1. The molecule has 1 unspecified atom stereocenters. The molecule has 1 fully saturated rings. The van der Waals surface area contributed by atoms with Crippen LogP contribution in [0, 0.1) is 0 Å². The van der Waals surface area contributed by atoms with E-state index in [0.29, 0.717) is 22.6 Å². The van der Waals surface area contributed by atoms with Gasteiger partial charge in [-0.15, -0.1) is 0 Å². The molecular formula is C31H38N2O4. The Morgan fingerprint density at radius 3 is 2.57 bits per heavy atom. The smallest absolute Gasteiger partial charge is 0.337 e. The molecule has 37 heavy (non-hydrogen) atoms. The van der Waals surface area contributed by atoms with Crippen LogP contribution in [0.25, 0.3) is 0 Å². The topological polar surface area (TPSA) is 67.9 Å². The van der Waals surface area contributed by atoms with Gasteiger partial charge < -0.3 is 14.8 Å². The molecule has 6 nitrogen and oxygen atoms in total. The van der Waals surface area contributed by atoms with Gasteiger partial charge in [-0.05, 0) is 62.8 Å². The van der Waals surface area contributed by atoms with E-state index in [4.69, 9.17) is 9.47 Å². The second-order valence-electron chi connectivity index (χ2n) is 10.5. The number of para-hydroxylation sites is 1. The van der Waals surface area contributed by atoms with E-state index < -0.39 is 11.9 Å². The fraction of sp³-hybridized carbons (Fsp3) is 0.484. The molecular weight excluding hydrogens is 464 g/mol. The molecule has 5 rings (SSSR count). The number of benzene rings is 2. The van der Waals surface area contributed by atoms with Crippen molar-refractivity contribution in [2.75, 3.05) is 26.7 Å². The lowest BCUT2D eigenvalue weighted by molar-refractivity contribution is -0.122. The van der Waals surface area contributed by atoms with E-state index in [1.165, 1.54) is 52.1 Å². The maximum Gasteiger partial charge on any atom is 0.337 e. The summed E-state index contributed by atoms with van der Waals surface area (Å²) in [6.07, 6.45) is 13.5. The molecule has 2 aliphatic heterocycles. The Morgan fingerprint density at radius 1 is 0.973 bits per heavy atom. The van der Waals surface area contributed by atoms with Crippen molar-refractivity contribution in [3.05, 3.63) is 70.8 Å². The van der Waals surface area contributed by atoms with Gasteiger partial charge >= 0.3 is 5.97 Å². The van der Waals surface area contributed by atoms with E-state index in [2.05, 4.69) is 16.3 Å². The zero-order chi connectivity index (χ0) is 25.6. The van der Waals surface area contributed by atoms with E-state index in [0.717, 1.165) is 38.0 Å². The van der Waals surface area contributed by atoms with Gasteiger partial charge in [0.2, 0.25) is 5.91 Å². The number of esters is 1. The van der Waals surface area contributed by atoms with Crippen LogP contribution >= 0.6 is 0 Å². The maximum atomic E-state index is 13.7. The van der Waals surface area contributed by atoms with E-state index >= 15 is 0 Å². The molecule has 2 aromatic rings. The Hall–Kier alpha value is -3.12. The van der Waals surface area contributed by atoms with Crippen LogP contribution in [0.4, 0.5) is 0 Å². The van der Waals surface area contributed by atoms with Crippen molar-refractivity contribution >= 4 is 11.9 Å². The first-order valence-corrected chi connectivity index (χ1v) is 13.8. The molecule has 2 heterocycles. The highest BCUT2D eigenvalue weighted by Gasteiger charge is 2.35. The number of nitrogens with zero attached hydrogens (tertiary/aromatic N) is 1. The van der Waals surface area contributed by atoms with Gasteiger partial charge in [0.1, 0.15) is 11.5 Å². The monoisotopic (exact) mass is 502 g/mol. The van der Waals surface area contributed by atoms with Gasteiger partial charge in [0.25, 0.3) is 0 Å². The van der Waals surface area contributed by atoms with Gasteiger partial charge in [0, 0.05) is 36.8 Å². The summed E-state index contributed by atoms with van der Waals surface area (Å²) < 4.78 is 11.0. The van der Waals surface area contributed by atoms with Crippen LogP contribution in [0.3, 0.4) is 0 Å². The highest BCUT2D eigenvalue weighted by molar-refractivity contribution is 5.93. The van der Waals surface area contributed by atoms with Crippen LogP contribution in [0.5, 0.6) is 11.5 Å². The highest BCUT2D eigenvalue weighted by atomic mass is 16.5. The van der Waals surface area contributed by atoms with E-state index in [1.807, 2.05) is 24.3 Å². The zero-order valence-electron chi connectivity index (χ0n) is 21.8. The standard InChI is InChI=1S/C31H38N2O4/c1-36-31(35)23-14-15-28-26(20-23)29(25-12-8-9-13-27(25)37-28)30(34)32-24-16-18-33(19-17-24)21-22-10-6-4-2-3-5-7-11-22/h8-10,12-15,20,24,29H,2-7,11,16-19,21H2,1H3,(H,32,34)/b22-10+. The van der Waals surface area contributed by atoms with Crippen LogP contribution in [0.1, 0.15) is 85.2 Å². The largest absolute Gasteiger partial charge is 0.465 e. The number of methoxy groups -OCH3 is 1. The fourth-order valence-electron chi connectivity index (χ4n) is 5.88. The molecule has 2 aromatic carbocycles. The van der Waals surface area contributed by atoms with Crippen LogP contribution in [-0.2, 0) is 9.53 Å². The zero-order valence-corrected chi connectivity index (χ0v) is 21.8. The van der Waals surface area contributed by atoms with E-state index in [1.54, 1.807) is 23.8 Å². The van der Waals surface area contributed by atoms with Crippen LogP contribution in [0.15, 0.2) is 54.1 Å². The average molecular weight is 503 g/mol. The first-order valence-electron chi connectivity index (χ1n) is 13.8. The summed E-state index contributed by atoms with van der Waals surface area (Å²) in [5, 5.41) is 3.33. The van der Waals surface area contributed by atoms with Crippen molar-refractivity contribution < 1.29 is 19.1 Å². The number of carbonyl (C=O) groups is 2. The van der Waals surface area contributed by atoms with Crippen LogP contribution in [0.2, 0.25) is 0 Å². The van der Waals surface area contributed by atoms with E-state index in [9.17, 15) is 9.59 Å². The number of nitrogens with one attached hydrogen (secondary N) is 1. The third-order valence-electron chi connectivity index (χ3n) is 7.95. The third-order valence-corrected chi connectivity index (χ3v) is 7.95. The van der Waals surface area contributed by atoms with Gasteiger partial charge in [-0.2, -0.15) is 0 Å². The number of amides is 1. The SMILES string of the molecule is COC(=O)c1ccc2c(c1)C(C(=O)NC1CCN(C/C3=C/CCCCCCC3)CC1)c1ccccc1O2. The van der Waals surface area contributed by atoms with Gasteiger partial charge in [-0.25, -0.2) is 4.79 Å². The minimum absolute atomic E-state index is 0.0450. The molecule has 1 atom stereocenters. The number of fused-ring (bicyclic) bond motifs is 2. The molecule has 1 saturated heterocycles. The summed E-state index contributed by atoms with van der Waals surface area (Å²) in [5.41, 5.74) is 3.53. The molecule has 6 heteroatoms. The highest BCUT2D eigenvalue weighted by Crippen LogP contribution is 2.44. The Bertz CT molecular complexity index is 1150. The van der Waals surface area contributed by atoms with Crippen molar-refractivity contribution in [1.29, 1.82) is 0 Å².